The van der Waals surface area contributed by atoms with Gasteiger partial charge >= 0.3 is 5.97 Å². The Bertz CT molecular complexity index is 568. The lowest BCUT2D eigenvalue weighted by Crippen LogP contribution is -2.64. The van der Waals surface area contributed by atoms with Gasteiger partial charge in [-0.25, -0.2) is 4.79 Å². The zero-order valence-corrected chi connectivity index (χ0v) is 15.3. The fraction of sp³-hybridized carbons (Fsp3) is 0.733. The molecular formula is C15H24N2O7S. The number of carboxylic acid groups (broad SMARTS) is 1. The van der Waals surface area contributed by atoms with Crippen LogP contribution in [-0.4, -0.2) is 67.8 Å². The standard InChI is InChI=1S/C15H24N2O7S/c1-6(2)10(19)15(11(20)7(3)12(21)17-15)14(24)25-5-9(13(22)23)16-8(4)18/h6-7,9-11,19-20H,5H2,1-4H3,(H,16,18)(H,17,21)(H,22,23)/t7-,9?,10-,11+,15-/m1/s1. The lowest BCUT2D eigenvalue weighted by molar-refractivity contribution is -0.140. The molecule has 0 bridgehead atoms. The monoisotopic (exact) mass is 376 g/mol. The van der Waals surface area contributed by atoms with Crippen LogP contribution in [0.3, 0.4) is 0 Å². The van der Waals surface area contributed by atoms with E-state index in [0.717, 1.165) is 6.92 Å². The van der Waals surface area contributed by atoms with Crippen molar-refractivity contribution in [1.29, 1.82) is 0 Å². The highest BCUT2D eigenvalue weighted by Gasteiger charge is 2.60. The number of carbonyl (C=O) groups excluding carboxylic acids is 3. The molecule has 0 spiro atoms. The van der Waals surface area contributed by atoms with Crippen molar-refractivity contribution in [3.63, 3.8) is 0 Å². The smallest absolute Gasteiger partial charge is 0.327 e. The van der Waals surface area contributed by atoms with Crippen LogP contribution in [0.15, 0.2) is 0 Å². The van der Waals surface area contributed by atoms with Crippen LogP contribution in [0.2, 0.25) is 0 Å². The predicted molar refractivity (Wildman–Crippen MR) is 89.6 cm³/mol. The Balaban J connectivity index is 3.04. The highest BCUT2D eigenvalue weighted by Crippen LogP contribution is 2.36. The van der Waals surface area contributed by atoms with Crippen LogP contribution in [0, 0.1) is 11.8 Å². The van der Waals surface area contributed by atoms with Crippen molar-refractivity contribution in [1.82, 2.24) is 10.6 Å². The van der Waals surface area contributed by atoms with Crippen LogP contribution in [-0.2, 0) is 19.2 Å². The number of carbonyl (C=O) groups is 4. The van der Waals surface area contributed by atoms with Crippen LogP contribution in [0.1, 0.15) is 27.7 Å². The van der Waals surface area contributed by atoms with E-state index in [1.54, 1.807) is 13.8 Å². The van der Waals surface area contributed by atoms with Gasteiger partial charge in [-0.2, -0.15) is 0 Å². The van der Waals surface area contributed by atoms with Gasteiger partial charge in [-0.05, 0) is 5.92 Å². The molecule has 1 heterocycles. The summed E-state index contributed by atoms with van der Waals surface area (Å²) in [4.78, 5) is 46.9. The molecule has 0 aliphatic carbocycles. The first-order valence-electron chi connectivity index (χ1n) is 7.80. The third-order valence-electron chi connectivity index (χ3n) is 4.18. The third kappa shape index (κ3) is 4.31. The van der Waals surface area contributed by atoms with Gasteiger partial charge in [0.1, 0.15) is 6.04 Å². The third-order valence-corrected chi connectivity index (χ3v) is 5.28. The average molecular weight is 376 g/mol. The number of thioether (sulfide) groups is 1. The number of aliphatic hydroxyl groups is 2. The highest BCUT2D eigenvalue weighted by molar-refractivity contribution is 8.13. The summed E-state index contributed by atoms with van der Waals surface area (Å²) in [5.41, 5.74) is -1.92. The summed E-state index contributed by atoms with van der Waals surface area (Å²) < 4.78 is 0. The molecule has 1 unspecified atom stereocenters. The number of nitrogens with one attached hydrogen (secondary N) is 2. The minimum absolute atomic E-state index is 0.308. The van der Waals surface area contributed by atoms with E-state index in [0.29, 0.717) is 11.8 Å². The summed E-state index contributed by atoms with van der Waals surface area (Å²) in [5.74, 6) is -4.12. The Morgan fingerprint density at radius 3 is 2.28 bits per heavy atom. The van der Waals surface area contributed by atoms with Gasteiger partial charge in [0.2, 0.25) is 16.9 Å². The maximum atomic E-state index is 12.8. The molecule has 142 valence electrons. The zero-order valence-electron chi connectivity index (χ0n) is 14.5. The van der Waals surface area contributed by atoms with Gasteiger partial charge in [0, 0.05) is 12.7 Å². The van der Waals surface area contributed by atoms with Crippen LogP contribution in [0.25, 0.3) is 0 Å². The average Bonchev–Trinajstić information content (AvgIpc) is 2.74. The number of rotatable bonds is 7. The van der Waals surface area contributed by atoms with Gasteiger partial charge in [-0.1, -0.05) is 32.5 Å². The largest absolute Gasteiger partial charge is 0.480 e. The van der Waals surface area contributed by atoms with Crippen molar-refractivity contribution in [2.24, 2.45) is 11.8 Å². The lowest BCUT2D eigenvalue weighted by atomic mass is 9.81. The van der Waals surface area contributed by atoms with Crippen molar-refractivity contribution in [3.8, 4) is 0 Å². The normalized spacial score (nSPS) is 28.4. The lowest BCUT2D eigenvalue weighted by Gasteiger charge is -2.37. The maximum absolute atomic E-state index is 12.8. The Morgan fingerprint density at radius 1 is 1.36 bits per heavy atom. The number of aliphatic hydroxyl groups excluding tert-OH is 2. The second kappa shape index (κ2) is 8.15. The van der Waals surface area contributed by atoms with Crippen molar-refractivity contribution in [2.75, 3.05) is 5.75 Å². The maximum Gasteiger partial charge on any atom is 0.327 e. The molecule has 5 N–H and O–H groups in total. The highest BCUT2D eigenvalue weighted by atomic mass is 32.2. The Hall–Kier alpha value is -1.65. The molecule has 10 heteroatoms. The minimum atomic E-state index is -1.92. The second-order valence-electron chi connectivity index (χ2n) is 6.47. The number of carboxylic acids is 1. The van der Waals surface area contributed by atoms with Crippen molar-refractivity contribution in [3.05, 3.63) is 0 Å². The van der Waals surface area contributed by atoms with Crippen LogP contribution < -0.4 is 10.6 Å². The van der Waals surface area contributed by atoms with Gasteiger partial charge in [-0.3, -0.25) is 14.4 Å². The first kappa shape index (κ1) is 21.4. The van der Waals surface area contributed by atoms with E-state index in [1.165, 1.54) is 6.92 Å². The van der Waals surface area contributed by atoms with Crippen LogP contribution >= 0.6 is 11.8 Å². The van der Waals surface area contributed by atoms with E-state index in [2.05, 4.69) is 10.6 Å². The molecule has 1 saturated heterocycles. The number of hydrogen-bond acceptors (Lipinski definition) is 7. The quantitative estimate of drug-likeness (QED) is 0.368. The Labute approximate surface area is 149 Å². The molecule has 5 atom stereocenters. The molecule has 1 aliphatic heterocycles. The predicted octanol–water partition coefficient (Wildman–Crippen LogP) is -1.28. The fourth-order valence-electron chi connectivity index (χ4n) is 2.70. The molecule has 25 heavy (non-hydrogen) atoms. The molecule has 0 aromatic heterocycles. The number of amides is 2. The zero-order chi connectivity index (χ0) is 19.5. The SMILES string of the molecule is CC(=O)NC(CSC(=O)[C@]1([C@H](O)C(C)C)NC(=O)[C@H](C)[C@@H]1O)C(=O)O. The molecule has 1 rings (SSSR count). The molecule has 9 nitrogen and oxygen atoms in total. The molecule has 0 aromatic rings. The number of hydrogen-bond donors (Lipinski definition) is 5. The Morgan fingerprint density at radius 2 is 1.92 bits per heavy atom. The van der Waals surface area contributed by atoms with Gasteiger partial charge in [0.05, 0.1) is 18.1 Å². The summed E-state index contributed by atoms with van der Waals surface area (Å²) in [6, 6.07) is -1.31. The van der Waals surface area contributed by atoms with Gasteiger partial charge in [0.15, 0.2) is 5.54 Å². The molecule has 0 radical (unpaired) electrons. The topological polar surface area (TPSA) is 153 Å². The van der Waals surface area contributed by atoms with Crippen LogP contribution in [0.4, 0.5) is 0 Å². The first-order valence-corrected chi connectivity index (χ1v) is 8.79. The Kier molecular flexibility index (Phi) is 6.98. The van der Waals surface area contributed by atoms with E-state index in [-0.39, 0.29) is 5.75 Å². The van der Waals surface area contributed by atoms with E-state index in [9.17, 15) is 29.4 Å². The van der Waals surface area contributed by atoms with E-state index >= 15 is 0 Å². The summed E-state index contributed by atoms with van der Waals surface area (Å²) in [7, 11) is 0. The van der Waals surface area contributed by atoms with Crippen molar-refractivity contribution >= 4 is 34.7 Å². The van der Waals surface area contributed by atoms with E-state index < -0.39 is 58.5 Å². The number of aliphatic carboxylic acids is 1. The fourth-order valence-corrected chi connectivity index (χ4v) is 3.77. The summed E-state index contributed by atoms with van der Waals surface area (Å²) in [6.45, 7) is 5.84. The van der Waals surface area contributed by atoms with E-state index in [1.807, 2.05) is 0 Å². The van der Waals surface area contributed by atoms with Gasteiger partial charge in [0.25, 0.3) is 0 Å². The summed E-state index contributed by atoms with van der Waals surface area (Å²) in [6.07, 6.45) is -2.82. The molecular weight excluding hydrogens is 352 g/mol. The van der Waals surface area contributed by atoms with Crippen LogP contribution in [0.5, 0.6) is 0 Å². The summed E-state index contributed by atoms with van der Waals surface area (Å²) >= 11 is 0.535. The van der Waals surface area contributed by atoms with Crippen molar-refractivity contribution < 1.29 is 34.5 Å². The summed E-state index contributed by atoms with van der Waals surface area (Å²) in [5, 5.41) is 33.8. The van der Waals surface area contributed by atoms with Gasteiger partial charge in [-0.15, -0.1) is 0 Å². The molecule has 0 aromatic carbocycles. The second-order valence-corrected chi connectivity index (χ2v) is 7.46. The van der Waals surface area contributed by atoms with E-state index in [4.69, 9.17) is 5.11 Å². The minimum Gasteiger partial charge on any atom is -0.480 e. The first-order chi connectivity index (χ1) is 11.4. The molecule has 1 fully saturated rings. The molecule has 2 amide bonds. The van der Waals surface area contributed by atoms with Crippen molar-refractivity contribution in [2.45, 2.75) is 51.5 Å². The molecule has 1 aliphatic rings. The van der Waals surface area contributed by atoms with Gasteiger partial charge < -0.3 is 26.0 Å². The molecule has 0 saturated carbocycles.